The minimum Gasteiger partial charge on any atom is -0.481 e. The quantitative estimate of drug-likeness (QED) is 0.823. The zero-order chi connectivity index (χ0) is 10.5. The molecule has 78 valence electrons. The Balaban J connectivity index is 1.98. The molecule has 0 spiro atoms. The molecule has 0 atom stereocenters. The molecule has 0 aliphatic rings. The van der Waals surface area contributed by atoms with Crippen LogP contribution in [0.2, 0.25) is 0 Å². The molecule has 2 heterocycles. The van der Waals surface area contributed by atoms with E-state index in [9.17, 15) is 0 Å². The molecule has 0 fully saturated rings. The van der Waals surface area contributed by atoms with Crippen molar-refractivity contribution < 1.29 is 9.15 Å². The molecule has 0 aliphatic carbocycles. The molecule has 15 heavy (non-hydrogen) atoms. The van der Waals surface area contributed by atoms with E-state index in [1.165, 1.54) is 6.33 Å². The Bertz CT molecular complexity index is 414. The van der Waals surface area contributed by atoms with Crippen molar-refractivity contribution in [2.24, 2.45) is 0 Å². The predicted octanol–water partition coefficient (Wildman–Crippen LogP) is 1.69. The Labute approximate surface area is 87.1 Å². The van der Waals surface area contributed by atoms with E-state index in [0.717, 1.165) is 5.76 Å². The summed E-state index contributed by atoms with van der Waals surface area (Å²) < 4.78 is 10.2. The molecule has 0 aliphatic heterocycles. The Morgan fingerprint density at radius 2 is 2.40 bits per heavy atom. The van der Waals surface area contributed by atoms with Gasteiger partial charge in [0.1, 0.15) is 17.9 Å². The number of ether oxygens (including phenoxy) is 1. The van der Waals surface area contributed by atoms with Crippen LogP contribution in [-0.2, 0) is 6.54 Å². The Morgan fingerprint density at radius 3 is 3.13 bits per heavy atom. The molecule has 2 aromatic rings. The van der Waals surface area contributed by atoms with E-state index >= 15 is 0 Å². The third kappa shape index (κ3) is 2.46. The maximum Gasteiger partial charge on any atom is 0.218 e. The average Bonchev–Trinajstić information content (AvgIpc) is 2.79. The van der Waals surface area contributed by atoms with Gasteiger partial charge in [-0.05, 0) is 12.1 Å². The fraction of sp³-hybridized carbons (Fsp3) is 0.200. The molecule has 2 rings (SSSR count). The van der Waals surface area contributed by atoms with Gasteiger partial charge in [-0.15, -0.1) is 0 Å². The van der Waals surface area contributed by atoms with Crippen LogP contribution in [0, 0.1) is 0 Å². The second kappa shape index (κ2) is 4.45. The third-order valence-electron chi connectivity index (χ3n) is 1.87. The van der Waals surface area contributed by atoms with Crippen molar-refractivity contribution in [3.05, 3.63) is 36.5 Å². The zero-order valence-corrected chi connectivity index (χ0v) is 8.30. The van der Waals surface area contributed by atoms with E-state index in [0.29, 0.717) is 18.2 Å². The molecule has 5 heteroatoms. The zero-order valence-electron chi connectivity index (χ0n) is 8.30. The summed E-state index contributed by atoms with van der Waals surface area (Å²) in [5.74, 6) is 2.10. The normalized spacial score (nSPS) is 9.93. The summed E-state index contributed by atoms with van der Waals surface area (Å²) in [7, 11) is 1.57. The molecule has 5 nitrogen and oxygen atoms in total. The maximum atomic E-state index is 5.17. The van der Waals surface area contributed by atoms with Crippen LogP contribution in [0.25, 0.3) is 0 Å². The first-order valence-electron chi connectivity index (χ1n) is 4.51. The maximum absolute atomic E-state index is 5.17. The highest BCUT2D eigenvalue weighted by atomic mass is 16.5. The SMILES string of the molecule is COc1cc(NCc2ccco2)ncn1. The molecule has 0 unspecified atom stereocenters. The third-order valence-corrected chi connectivity index (χ3v) is 1.87. The fourth-order valence-electron chi connectivity index (χ4n) is 1.14. The van der Waals surface area contributed by atoms with Crippen LogP contribution in [0.15, 0.2) is 35.2 Å². The first-order chi connectivity index (χ1) is 7.38. The van der Waals surface area contributed by atoms with Gasteiger partial charge in [0, 0.05) is 6.07 Å². The fourth-order valence-corrected chi connectivity index (χ4v) is 1.14. The van der Waals surface area contributed by atoms with Gasteiger partial charge >= 0.3 is 0 Å². The average molecular weight is 205 g/mol. The minimum atomic E-state index is 0.534. The lowest BCUT2D eigenvalue weighted by Crippen LogP contribution is -2.01. The topological polar surface area (TPSA) is 60.2 Å². The van der Waals surface area contributed by atoms with Crippen molar-refractivity contribution in [1.29, 1.82) is 0 Å². The molecule has 0 amide bonds. The van der Waals surface area contributed by atoms with Crippen LogP contribution in [0.3, 0.4) is 0 Å². The summed E-state index contributed by atoms with van der Waals surface area (Å²) in [6.45, 7) is 0.590. The predicted molar refractivity (Wildman–Crippen MR) is 54.6 cm³/mol. The molecule has 0 saturated heterocycles. The van der Waals surface area contributed by atoms with Crippen LogP contribution in [-0.4, -0.2) is 17.1 Å². The first-order valence-corrected chi connectivity index (χ1v) is 4.51. The van der Waals surface area contributed by atoms with Crippen molar-refractivity contribution in [3.63, 3.8) is 0 Å². The highest BCUT2D eigenvalue weighted by Crippen LogP contribution is 2.11. The monoisotopic (exact) mass is 205 g/mol. The lowest BCUT2D eigenvalue weighted by Gasteiger charge is -2.04. The van der Waals surface area contributed by atoms with Gasteiger partial charge in [0.15, 0.2) is 0 Å². The molecule has 0 radical (unpaired) electrons. The van der Waals surface area contributed by atoms with Gasteiger partial charge in [-0.3, -0.25) is 0 Å². The molecule has 0 saturated carbocycles. The summed E-state index contributed by atoms with van der Waals surface area (Å²) in [4.78, 5) is 7.95. The highest BCUT2D eigenvalue weighted by molar-refractivity contribution is 5.37. The van der Waals surface area contributed by atoms with E-state index < -0.39 is 0 Å². The van der Waals surface area contributed by atoms with E-state index in [1.807, 2.05) is 12.1 Å². The number of furan rings is 1. The molecule has 2 aromatic heterocycles. The largest absolute Gasteiger partial charge is 0.481 e. The van der Waals surface area contributed by atoms with Gasteiger partial charge in [-0.1, -0.05) is 0 Å². The van der Waals surface area contributed by atoms with Crippen LogP contribution >= 0.6 is 0 Å². The lowest BCUT2D eigenvalue weighted by molar-refractivity contribution is 0.397. The Hall–Kier alpha value is -2.04. The van der Waals surface area contributed by atoms with Gasteiger partial charge in [-0.2, -0.15) is 0 Å². The smallest absolute Gasteiger partial charge is 0.218 e. The van der Waals surface area contributed by atoms with E-state index in [1.54, 1.807) is 19.4 Å². The molecule has 1 N–H and O–H groups in total. The van der Waals surface area contributed by atoms with Crippen molar-refractivity contribution in [1.82, 2.24) is 9.97 Å². The van der Waals surface area contributed by atoms with Crippen LogP contribution in [0.4, 0.5) is 5.82 Å². The van der Waals surface area contributed by atoms with Crippen LogP contribution in [0.5, 0.6) is 5.88 Å². The second-order valence-electron chi connectivity index (χ2n) is 2.88. The van der Waals surface area contributed by atoms with E-state index in [2.05, 4.69) is 15.3 Å². The van der Waals surface area contributed by atoms with Crippen molar-refractivity contribution in [2.75, 3.05) is 12.4 Å². The number of hydrogen-bond donors (Lipinski definition) is 1. The van der Waals surface area contributed by atoms with Gasteiger partial charge in [0.2, 0.25) is 5.88 Å². The van der Waals surface area contributed by atoms with Gasteiger partial charge in [0.05, 0.1) is 19.9 Å². The summed E-state index contributed by atoms with van der Waals surface area (Å²) >= 11 is 0. The number of rotatable bonds is 4. The molecule has 0 aromatic carbocycles. The van der Waals surface area contributed by atoms with Crippen molar-refractivity contribution in [2.45, 2.75) is 6.54 Å². The Kier molecular flexibility index (Phi) is 2.82. The Morgan fingerprint density at radius 1 is 1.47 bits per heavy atom. The second-order valence-corrected chi connectivity index (χ2v) is 2.88. The minimum absolute atomic E-state index is 0.534. The lowest BCUT2D eigenvalue weighted by atomic mass is 10.4. The number of nitrogens with zero attached hydrogens (tertiary/aromatic N) is 2. The van der Waals surface area contributed by atoms with Gasteiger partial charge < -0.3 is 14.5 Å². The van der Waals surface area contributed by atoms with E-state index in [4.69, 9.17) is 9.15 Å². The molecule has 0 bridgehead atoms. The summed E-state index contributed by atoms with van der Waals surface area (Å²) in [5.41, 5.74) is 0. The molecular formula is C10H11N3O2. The van der Waals surface area contributed by atoms with Gasteiger partial charge in [0.25, 0.3) is 0 Å². The van der Waals surface area contributed by atoms with Crippen LogP contribution in [0.1, 0.15) is 5.76 Å². The summed E-state index contributed by atoms with van der Waals surface area (Å²) in [6.07, 6.45) is 3.08. The number of aromatic nitrogens is 2. The number of methoxy groups -OCH3 is 1. The highest BCUT2D eigenvalue weighted by Gasteiger charge is 1.99. The van der Waals surface area contributed by atoms with Crippen molar-refractivity contribution >= 4 is 5.82 Å². The summed E-state index contributed by atoms with van der Waals surface area (Å²) in [6, 6.07) is 5.46. The molecular weight excluding hydrogens is 194 g/mol. The number of nitrogens with one attached hydrogen (secondary N) is 1. The summed E-state index contributed by atoms with van der Waals surface area (Å²) in [5, 5.41) is 3.10. The number of hydrogen-bond acceptors (Lipinski definition) is 5. The first kappa shape index (κ1) is 9.51. The van der Waals surface area contributed by atoms with Crippen LogP contribution < -0.4 is 10.1 Å². The standard InChI is InChI=1S/C10H11N3O2/c1-14-10-5-9(12-7-13-10)11-6-8-3-2-4-15-8/h2-5,7H,6H2,1H3,(H,11,12,13). The van der Waals surface area contributed by atoms with E-state index in [-0.39, 0.29) is 0 Å². The van der Waals surface area contributed by atoms with Gasteiger partial charge in [-0.25, -0.2) is 9.97 Å². The van der Waals surface area contributed by atoms with Crippen molar-refractivity contribution in [3.8, 4) is 5.88 Å². The number of anilines is 1.